The van der Waals surface area contributed by atoms with Gasteiger partial charge in [0.2, 0.25) is 10.0 Å². The highest BCUT2D eigenvalue weighted by atomic mass is 32.2. The van der Waals surface area contributed by atoms with Crippen LogP contribution in [-0.2, 0) is 10.0 Å². The van der Waals surface area contributed by atoms with Gasteiger partial charge in [0.25, 0.3) is 0 Å². The van der Waals surface area contributed by atoms with Crippen molar-refractivity contribution in [3.63, 3.8) is 0 Å². The predicted octanol–water partition coefficient (Wildman–Crippen LogP) is -0.0483. The fraction of sp³-hybridized carbons (Fsp3) is 1.00. The van der Waals surface area contributed by atoms with Crippen LogP contribution in [0.5, 0.6) is 0 Å². The molecule has 1 aliphatic rings. The second kappa shape index (κ2) is 6.68. The van der Waals surface area contributed by atoms with Gasteiger partial charge in [-0.2, -0.15) is 0 Å². The molecule has 1 N–H and O–H groups in total. The van der Waals surface area contributed by atoms with Crippen LogP contribution in [0.4, 0.5) is 0 Å². The van der Waals surface area contributed by atoms with Crippen molar-refractivity contribution in [2.24, 2.45) is 0 Å². The molecule has 0 aromatic rings. The average Bonchev–Trinajstić information content (AvgIpc) is 2.24. The standard InChI is InChI=1S/C11H25N3O2S/c1-11(2)14-9-7-13(8-10-14)6-4-5-12-17(3,15)16/h11-12H,4-10H2,1-3H3. The van der Waals surface area contributed by atoms with E-state index in [2.05, 4.69) is 28.4 Å². The van der Waals surface area contributed by atoms with Gasteiger partial charge in [-0.25, -0.2) is 13.1 Å². The molecule has 1 heterocycles. The topological polar surface area (TPSA) is 52.6 Å². The molecule has 0 atom stereocenters. The Morgan fingerprint density at radius 1 is 1.18 bits per heavy atom. The monoisotopic (exact) mass is 263 g/mol. The Hall–Kier alpha value is -0.170. The van der Waals surface area contributed by atoms with E-state index in [-0.39, 0.29) is 0 Å². The molecule has 1 aliphatic heterocycles. The van der Waals surface area contributed by atoms with Gasteiger partial charge in [-0.3, -0.25) is 4.90 Å². The summed E-state index contributed by atoms with van der Waals surface area (Å²) in [4.78, 5) is 4.88. The minimum absolute atomic E-state index is 0.545. The van der Waals surface area contributed by atoms with E-state index in [4.69, 9.17) is 0 Å². The van der Waals surface area contributed by atoms with Crippen molar-refractivity contribution < 1.29 is 8.42 Å². The zero-order valence-electron chi connectivity index (χ0n) is 11.1. The molecular formula is C11H25N3O2S. The summed E-state index contributed by atoms with van der Waals surface area (Å²) in [5, 5.41) is 0. The summed E-state index contributed by atoms with van der Waals surface area (Å²) in [7, 11) is -3.02. The molecule has 1 rings (SSSR count). The maximum atomic E-state index is 10.9. The van der Waals surface area contributed by atoms with Gasteiger partial charge in [0, 0.05) is 38.8 Å². The molecule has 0 saturated carbocycles. The van der Waals surface area contributed by atoms with E-state index >= 15 is 0 Å². The van der Waals surface area contributed by atoms with Gasteiger partial charge in [0.05, 0.1) is 6.26 Å². The molecule has 0 bridgehead atoms. The molecule has 5 nitrogen and oxygen atoms in total. The first-order chi connectivity index (χ1) is 7.88. The molecule has 1 saturated heterocycles. The summed E-state index contributed by atoms with van der Waals surface area (Å²) >= 11 is 0. The number of piperazine rings is 1. The van der Waals surface area contributed by atoms with Crippen molar-refractivity contribution in [2.75, 3.05) is 45.5 Å². The maximum Gasteiger partial charge on any atom is 0.208 e. The Morgan fingerprint density at radius 3 is 2.24 bits per heavy atom. The third-order valence-electron chi connectivity index (χ3n) is 3.15. The van der Waals surface area contributed by atoms with Gasteiger partial charge in [0.1, 0.15) is 0 Å². The van der Waals surface area contributed by atoms with E-state index < -0.39 is 10.0 Å². The average molecular weight is 263 g/mol. The smallest absolute Gasteiger partial charge is 0.208 e. The van der Waals surface area contributed by atoms with Gasteiger partial charge in [-0.1, -0.05) is 0 Å². The summed E-state index contributed by atoms with van der Waals surface area (Å²) in [6, 6.07) is 0.629. The van der Waals surface area contributed by atoms with Crippen LogP contribution >= 0.6 is 0 Å². The molecule has 0 spiro atoms. The van der Waals surface area contributed by atoms with Crippen LogP contribution in [-0.4, -0.2) is 69.8 Å². The lowest BCUT2D eigenvalue weighted by Gasteiger charge is -2.36. The zero-order valence-corrected chi connectivity index (χ0v) is 12.0. The third-order valence-corrected chi connectivity index (χ3v) is 3.88. The summed E-state index contributed by atoms with van der Waals surface area (Å²) in [5.41, 5.74) is 0. The molecule has 0 aliphatic carbocycles. The highest BCUT2D eigenvalue weighted by Gasteiger charge is 2.17. The number of hydrogen-bond acceptors (Lipinski definition) is 4. The van der Waals surface area contributed by atoms with Gasteiger partial charge in [-0.05, 0) is 26.8 Å². The molecule has 0 radical (unpaired) electrons. The van der Waals surface area contributed by atoms with Crippen molar-refractivity contribution in [1.29, 1.82) is 0 Å². The molecule has 0 aromatic heterocycles. The summed E-state index contributed by atoms with van der Waals surface area (Å²) in [6.07, 6.45) is 2.09. The SMILES string of the molecule is CC(C)N1CCN(CCCNS(C)(=O)=O)CC1. The first-order valence-corrected chi connectivity index (χ1v) is 8.18. The van der Waals surface area contributed by atoms with Crippen LogP contribution in [0.1, 0.15) is 20.3 Å². The van der Waals surface area contributed by atoms with E-state index in [1.165, 1.54) is 6.26 Å². The van der Waals surface area contributed by atoms with Gasteiger partial charge in [0.15, 0.2) is 0 Å². The van der Waals surface area contributed by atoms with Crippen LogP contribution in [0.15, 0.2) is 0 Å². The summed E-state index contributed by atoms with van der Waals surface area (Å²) in [5.74, 6) is 0. The molecule has 102 valence electrons. The number of nitrogens with zero attached hydrogens (tertiary/aromatic N) is 2. The van der Waals surface area contributed by atoms with E-state index in [1.807, 2.05) is 0 Å². The van der Waals surface area contributed by atoms with Gasteiger partial charge in [-0.15, -0.1) is 0 Å². The number of sulfonamides is 1. The van der Waals surface area contributed by atoms with E-state index in [1.54, 1.807) is 0 Å². The number of nitrogens with one attached hydrogen (secondary N) is 1. The van der Waals surface area contributed by atoms with Crippen molar-refractivity contribution in [3.8, 4) is 0 Å². The van der Waals surface area contributed by atoms with E-state index in [9.17, 15) is 8.42 Å². The Kier molecular flexibility index (Phi) is 5.85. The summed E-state index contributed by atoms with van der Waals surface area (Å²) in [6.45, 7) is 10.4. The van der Waals surface area contributed by atoms with Crippen molar-refractivity contribution in [1.82, 2.24) is 14.5 Å². The first kappa shape index (κ1) is 14.9. The molecule has 1 fully saturated rings. The third kappa shape index (κ3) is 6.35. The molecule has 6 heteroatoms. The largest absolute Gasteiger partial charge is 0.301 e. The van der Waals surface area contributed by atoms with E-state index in [0.29, 0.717) is 12.6 Å². The predicted molar refractivity (Wildman–Crippen MR) is 70.6 cm³/mol. The van der Waals surface area contributed by atoms with Crippen LogP contribution in [0, 0.1) is 0 Å². The Bertz CT molecular complexity index is 309. The van der Waals surface area contributed by atoms with Crippen LogP contribution < -0.4 is 4.72 Å². The highest BCUT2D eigenvalue weighted by molar-refractivity contribution is 7.88. The molecule has 0 aromatic carbocycles. The van der Waals surface area contributed by atoms with Crippen molar-refractivity contribution >= 4 is 10.0 Å². The van der Waals surface area contributed by atoms with Crippen LogP contribution in [0.2, 0.25) is 0 Å². The highest BCUT2D eigenvalue weighted by Crippen LogP contribution is 2.05. The fourth-order valence-electron chi connectivity index (χ4n) is 2.06. The maximum absolute atomic E-state index is 10.9. The Morgan fingerprint density at radius 2 is 1.76 bits per heavy atom. The second-order valence-corrected chi connectivity index (χ2v) is 6.82. The van der Waals surface area contributed by atoms with Crippen molar-refractivity contribution in [3.05, 3.63) is 0 Å². The Labute approximate surface area is 105 Å². The minimum Gasteiger partial charge on any atom is -0.301 e. The second-order valence-electron chi connectivity index (χ2n) is 4.99. The zero-order chi connectivity index (χ0) is 12.9. The fourth-order valence-corrected chi connectivity index (χ4v) is 2.58. The van der Waals surface area contributed by atoms with Gasteiger partial charge < -0.3 is 4.90 Å². The van der Waals surface area contributed by atoms with Crippen molar-refractivity contribution in [2.45, 2.75) is 26.3 Å². The lowest BCUT2D eigenvalue weighted by molar-refractivity contribution is 0.108. The van der Waals surface area contributed by atoms with Crippen LogP contribution in [0.25, 0.3) is 0 Å². The lowest BCUT2D eigenvalue weighted by atomic mass is 10.2. The quantitative estimate of drug-likeness (QED) is 0.683. The number of rotatable bonds is 6. The Balaban J connectivity index is 2.10. The molecular weight excluding hydrogens is 238 g/mol. The minimum atomic E-state index is -3.02. The number of hydrogen-bond donors (Lipinski definition) is 1. The molecule has 0 amide bonds. The molecule has 17 heavy (non-hydrogen) atoms. The summed E-state index contributed by atoms with van der Waals surface area (Å²) < 4.78 is 24.3. The normalized spacial score (nSPS) is 20.0. The van der Waals surface area contributed by atoms with Crippen LogP contribution in [0.3, 0.4) is 0 Å². The lowest BCUT2D eigenvalue weighted by Crippen LogP contribution is -2.49. The van der Waals surface area contributed by atoms with Gasteiger partial charge >= 0.3 is 0 Å². The van der Waals surface area contributed by atoms with E-state index in [0.717, 1.165) is 39.1 Å². The molecule has 0 unspecified atom stereocenters. The first-order valence-electron chi connectivity index (χ1n) is 6.29.